The lowest BCUT2D eigenvalue weighted by atomic mass is 10.1. The van der Waals surface area contributed by atoms with Crippen molar-refractivity contribution in [3.05, 3.63) is 70.8 Å². The molecular weight excluding hydrogens is 279 g/mol. The third-order valence-electron chi connectivity index (χ3n) is 2.83. The summed E-state index contributed by atoms with van der Waals surface area (Å²) in [6.07, 6.45) is 0.557. The van der Waals surface area contributed by atoms with Gasteiger partial charge in [-0.2, -0.15) is 4.98 Å². The lowest BCUT2D eigenvalue weighted by molar-refractivity contribution is 0.424. The Balaban J connectivity index is 1.80. The molecule has 0 saturated heterocycles. The van der Waals surface area contributed by atoms with Crippen LogP contribution in [0.5, 0.6) is 0 Å². The highest BCUT2D eigenvalue weighted by Gasteiger charge is 2.09. The van der Waals surface area contributed by atoms with Gasteiger partial charge in [0.15, 0.2) is 5.82 Å². The molecule has 0 aliphatic carbocycles. The maximum absolute atomic E-state index is 12.9. The minimum absolute atomic E-state index is 0.297. The van der Waals surface area contributed by atoms with Crippen molar-refractivity contribution in [3.8, 4) is 11.5 Å². The summed E-state index contributed by atoms with van der Waals surface area (Å²) in [6.45, 7) is 0. The molecule has 3 aromatic rings. The van der Waals surface area contributed by atoms with Gasteiger partial charge in [-0.3, -0.25) is 0 Å². The van der Waals surface area contributed by atoms with Crippen LogP contribution in [0.3, 0.4) is 0 Å². The molecule has 1 heterocycles. The quantitative estimate of drug-likeness (QED) is 0.728. The Labute approximate surface area is 120 Å². The van der Waals surface area contributed by atoms with Gasteiger partial charge >= 0.3 is 0 Å². The summed E-state index contributed by atoms with van der Waals surface area (Å²) in [5.41, 5.74) is 1.74. The molecule has 0 fully saturated rings. The molecule has 1 aromatic heterocycles. The minimum atomic E-state index is -0.297. The number of halogens is 2. The van der Waals surface area contributed by atoms with Crippen molar-refractivity contribution in [3.63, 3.8) is 0 Å². The highest BCUT2D eigenvalue weighted by atomic mass is 35.5. The van der Waals surface area contributed by atoms with Crippen molar-refractivity contribution in [2.24, 2.45) is 0 Å². The Kier molecular flexibility index (Phi) is 3.48. The van der Waals surface area contributed by atoms with Crippen molar-refractivity contribution in [1.82, 2.24) is 10.1 Å². The number of nitrogens with zero attached hydrogens (tertiary/aromatic N) is 2. The maximum Gasteiger partial charge on any atom is 0.257 e. The van der Waals surface area contributed by atoms with E-state index in [1.54, 1.807) is 12.1 Å². The summed E-state index contributed by atoms with van der Waals surface area (Å²) >= 11 is 5.83. The van der Waals surface area contributed by atoms with Gasteiger partial charge in [0.1, 0.15) is 5.82 Å². The molecule has 0 aliphatic rings. The number of rotatable bonds is 3. The topological polar surface area (TPSA) is 38.9 Å². The van der Waals surface area contributed by atoms with Crippen LogP contribution in [0.2, 0.25) is 5.02 Å². The summed E-state index contributed by atoms with van der Waals surface area (Å²) in [6, 6.07) is 13.4. The van der Waals surface area contributed by atoms with Crippen LogP contribution in [-0.2, 0) is 6.42 Å². The first-order valence-electron chi connectivity index (χ1n) is 6.04. The van der Waals surface area contributed by atoms with Crippen molar-refractivity contribution in [2.75, 3.05) is 0 Å². The Hall–Kier alpha value is -2.20. The van der Waals surface area contributed by atoms with Crippen LogP contribution in [0.25, 0.3) is 11.5 Å². The molecule has 5 heteroatoms. The zero-order valence-corrected chi connectivity index (χ0v) is 11.1. The number of benzene rings is 2. The van der Waals surface area contributed by atoms with Crippen LogP contribution >= 0.6 is 11.6 Å². The van der Waals surface area contributed by atoms with Crippen molar-refractivity contribution >= 4 is 11.6 Å². The van der Waals surface area contributed by atoms with Gasteiger partial charge < -0.3 is 4.52 Å². The zero-order valence-electron chi connectivity index (χ0n) is 10.4. The van der Waals surface area contributed by atoms with Crippen LogP contribution in [0.15, 0.2) is 53.1 Å². The van der Waals surface area contributed by atoms with E-state index < -0.39 is 0 Å². The summed E-state index contributed by atoms with van der Waals surface area (Å²) in [4.78, 5) is 4.29. The Morgan fingerprint density at radius 2 is 1.70 bits per heavy atom. The SMILES string of the molecule is Fc1ccc(-c2nc(Cc3ccc(Cl)cc3)no2)cc1. The van der Waals surface area contributed by atoms with E-state index in [-0.39, 0.29) is 5.82 Å². The predicted octanol–water partition coefficient (Wildman–Crippen LogP) is 4.12. The highest BCUT2D eigenvalue weighted by Crippen LogP contribution is 2.19. The van der Waals surface area contributed by atoms with Gasteiger partial charge in [-0.05, 0) is 42.0 Å². The number of aromatic nitrogens is 2. The minimum Gasteiger partial charge on any atom is -0.334 e. The Morgan fingerprint density at radius 1 is 1.00 bits per heavy atom. The van der Waals surface area contributed by atoms with Crippen LogP contribution in [0.4, 0.5) is 4.39 Å². The summed E-state index contributed by atoms with van der Waals surface area (Å²) in [5.74, 6) is 0.662. The van der Waals surface area contributed by atoms with Crippen LogP contribution in [-0.4, -0.2) is 10.1 Å². The molecule has 3 rings (SSSR count). The fourth-order valence-corrected chi connectivity index (χ4v) is 1.95. The molecular formula is C15H10ClFN2O. The lowest BCUT2D eigenvalue weighted by Crippen LogP contribution is -1.90. The van der Waals surface area contributed by atoms with Crippen LogP contribution < -0.4 is 0 Å². The second-order valence-electron chi connectivity index (χ2n) is 4.33. The zero-order chi connectivity index (χ0) is 13.9. The first-order valence-corrected chi connectivity index (χ1v) is 6.41. The van der Waals surface area contributed by atoms with E-state index in [0.717, 1.165) is 5.56 Å². The average molecular weight is 289 g/mol. The third kappa shape index (κ3) is 2.86. The van der Waals surface area contributed by atoms with Gasteiger partial charge in [-0.25, -0.2) is 4.39 Å². The van der Waals surface area contributed by atoms with Gasteiger partial charge in [-0.1, -0.05) is 28.9 Å². The van der Waals surface area contributed by atoms with E-state index in [1.165, 1.54) is 12.1 Å². The number of hydrogen-bond donors (Lipinski definition) is 0. The molecule has 100 valence electrons. The van der Waals surface area contributed by atoms with Gasteiger partial charge in [0.05, 0.1) is 0 Å². The average Bonchev–Trinajstić information content (AvgIpc) is 2.91. The molecule has 20 heavy (non-hydrogen) atoms. The van der Waals surface area contributed by atoms with Crippen molar-refractivity contribution in [2.45, 2.75) is 6.42 Å². The second kappa shape index (κ2) is 5.43. The standard InChI is InChI=1S/C15H10ClFN2O/c16-12-5-1-10(2-6-12)9-14-18-15(20-19-14)11-3-7-13(17)8-4-11/h1-8H,9H2. The monoisotopic (exact) mass is 288 g/mol. The highest BCUT2D eigenvalue weighted by molar-refractivity contribution is 6.30. The lowest BCUT2D eigenvalue weighted by Gasteiger charge is -1.96. The molecule has 0 amide bonds. The smallest absolute Gasteiger partial charge is 0.257 e. The van der Waals surface area contributed by atoms with Crippen LogP contribution in [0.1, 0.15) is 11.4 Å². The first-order chi connectivity index (χ1) is 9.70. The first kappa shape index (κ1) is 12.8. The summed E-state index contributed by atoms with van der Waals surface area (Å²) in [7, 11) is 0. The predicted molar refractivity (Wildman–Crippen MR) is 74.0 cm³/mol. The van der Waals surface area contributed by atoms with E-state index in [9.17, 15) is 4.39 Å². The van der Waals surface area contributed by atoms with Gasteiger partial charge in [0.25, 0.3) is 5.89 Å². The molecule has 0 N–H and O–H groups in total. The Bertz CT molecular complexity index is 707. The third-order valence-corrected chi connectivity index (χ3v) is 3.09. The molecule has 0 spiro atoms. The van der Waals surface area contributed by atoms with Crippen molar-refractivity contribution < 1.29 is 8.91 Å². The van der Waals surface area contributed by atoms with Crippen LogP contribution in [0, 0.1) is 5.82 Å². The van der Waals surface area contributed by atoms with Gasteiger partial charge in [0, 0.05) is 17.0 Å². The van der Waals surface area contributed by atoms with E-state index in [2.05, 4.69) is 10.1 Å². The molecule has 3 nitrogen and oxygen atoms in total. The summed E-state index contributed by atoms with van der Waals surface area (Å²) < 4.78 is 18.0. The molecule has 0 saturated carbocycles. The number of hydrogen-bond acceptors (Lipinski definition) is 3. The van der Waals surface area contributed by atoms with E-state index >= 15 is 0 Å². The largest absolute Gasteiger partial charge is 0.334 e. The molecule has 0 atom stereocenters. The van der Waals surface area contributed by atoms with Gasteiger partial charge in [0.2, 0.25) is 0 Å². The van der Waals surface area contributed by atoms with Crippen molar-refractivity contribution in [1.29, 1.82) is 0 Å². The molecule has 0 aliphatic heterocycles. The molecule has 0 unspecified atom stereocenters. The maximum atomic E-state index is 12.9. The molecule has 2 aromatic carbocycles. The normalized spacial score (nSPS) is 10.7. The summed E-state index contributed by atoms with van der Waals surface area (Å²) in [5, 5.41) is 4.61. The molecule has 0 radical (unpaired) electrons. The van der Waals surface area contributed by atoms with Gasteiger partial charge in [-0.15, -0.1) is 0 Å². The van der Waals surface area contributed by atoms with E-state index in [1.807, 2.05) is 24.3 Å². The second-order valence-corrected chi connectivity index (χ2v) is 4.76. The Morgan fingerprint density at radius 3 is 2.40 bits per heavy atom. The van der Waals surface area contributed by atoms with E-state index in [0.29, 0.717) is 28.7 Å². The molecule has 0 bridgehead atoms. The fourth-order valence-electron chi connectivity index (χ4n) is 1.82. The van der Waals surface area contributed by atoms with E-state index in [4.69, 9.17) is 16.1 Å². The fraction of sp³-hybridized carbons (Fsp3) is 0.0667.